The molecule has 0 spiro atoms. The summed E-state index contributed by atoms with van der Waals surface area (Å²) in [4.78, 5) is 34.9. The van der Waals surface area contributed by atoms with Crippen LogP contribution in [0.15, 0.2) is 11.2 Å². The summed E-state index contributed by atoms with van der Waals surface area (Å²) in [6.07, 6.45) is 8.72. The van der Waals surface area contributed by atoms with Crippen molar-refractivity contribution in [1.29, 1.82) is 0 Å². The molecule has 0 aromatic carbocycles. The second-order valence-electron chi connectivity index (χ2n) is 7.18. The van der Waals surface area contributed by atoms with Crippen molar-refractivity contribution in [3.05, 3.63) is 17.7 Å². The van der Waals surface area contributed by atoms with E-state index in [-0.39, 0.29) is 23.5 Å². The maximum Gasteiger partial charge on any atom is 0.287 e. The van der Waals surface area contributed by atoms with Crippen LogP contribution in [0.4, 0.5) is 0 Å². The molecule has 0 fully saturated rings. The van der Waals surface area contributed by atoms with E-state index in [1.54, 1.807) is 0 Å². The van der Waals surface area contributed by atoms with Crippen LogP contribution in [-0.4, -0.2) is 40.7 Å². The van der Waals surface area contributed by atoms with E-state index in [0.29, 0.717) is 25.2 Å². The number of hydrogen-bond acceptors (Lipinski definition) is 4. The predicted octanol–water partition coefficient (Wildman–Crippen LogP) is 2.37. The zero-order chi connectivity index (χ0) is 20.1. The highest BCUT2D eigenvalue weighted by Gasteiger charge is 2.13. The predicted molar refractivity (Wildman–Crippen MR) is 108 cm³/mol. The maximum atomic E-state index is 12.1. The summed E-state index contributed by atoms with van der Waals surface area (Å²) in [6, 6.07) is 0. The number of aromatic amines is 1. The van der Waals surface area contributed by atoms with Gasteiger partial charge in [-0.2, -0.15) is 0 Å². The van der Waals surface area contributed by atoms with E-state index in [1.807, 2.05) is 0 Å². The van der Waals surface area contributed by atoms with Gasteiger partial charge in [0, 0.05) is 19.5 Å². The number of amides is 1. The van der Waals surface area contributed by atoms with E-state index in [2.05, 4.69) is 34.1 Å². The number of nitrogens with two attached hydrogens (primary N) is 2. The number of imidazole rings is 1. The Morgan fingerprint density at radius 3 is 2.59 bits per heavy atom. The van der Waals surface area contributed by atoms with E-state index in [1.165, 1.54) is 19.0 Å². The van der Waals surface area contributed by atoms with Gasteiger partial charge in [0.25, 0.3) is 5.91 Å². The van der Waals surface area contributed by atoms with E-state index in [0.717, 1.165) is 38.0 Å². The Morgan fingerprint density at radius 2 is 1.89 bits per heavy atom. The topological polar surface area (TPSA) is 139 Å². The minimum atomic E-state index is -0.268. The molecule has 0 radical (unpaired) electrons. The van der Waals surface area contributed by atoms with Gasteiger partial charge in [-0.1, -0.05) is 39.5 Å². The minimum absolute atomic E-state index is 0.0444. The van der Waals surface area contributed by atoms with Crippen molar-refractivity contribution in [3.8, 4) is 0 Å². The Kier molecular flexibility index (Phi) is 10.8. The lowest BCUT2D eigenvalue weighted by Crippen LogP contribution is -2.25. The zero-order valence-electron chi connectivity index (χ0n) is 16.6. The molecule has 0 saturated heterocycles. The van der Waals surface area contributed by atoms with Crippen molar-refractivity contribution in [2.45, 2.75) is 65.2 Å². The maximum absolute atomic E-state index is 12.1. The molecule has 27 heavy (non-hydrogen) atoms. The van der Waals surface area contributed by atoms with Gasteiger partial charge in [-0.25, -0.2) is 4.98 Å². The molecule has 1 rings (SSSR count). The Hall–Kier alpha value is -2.38. The number of nitrogens with one attached hydrogen (secondary N) is 2. The normalized spacial score (nSPS) is 10.8. The number of hydrogen-bond donors (Lipinski definition) is 4. The van der Waals surface area contributed by atoms with Crippen LogP contribution in [0.1, 0.15) is 86.3 Å². The standard InChI is InChI=1S/C19H34N6O2/c1-14(2)9-5-3-7-11-22-18(27)17-24-13-15(25-17)16(26)10-6-4-8-12-23-19(20)21/h13-14H,3-12H2,1-2H3,(H,22,27)(H,24,25)(H4,20,21,23). The SMILES string of the molecule is CC(C)CCCCCNC(=O)c1ncc(C(=O)CCCCCN=C(N)N)[nH]1. The van der Waals surface area contributed by atoms with Crippen LogP contribution in [0.25, 0.3) is 0 Å². The van der Waals surface area contributed by atoms with Crippen LogP contribution < -0.4 is 16.8 Å². The third-order valence-corrected chi connectivity index (χ3v) is 4.19. The largest absolute Gasteiger partial charge is 0.370 e. The quantitative estimate of drug-likeness (QED) is 0.170. The summed E-state index contributed by atoms with van der Waals surface area (Å²) in [6.45, 7) is 5.62. The monoisotopic (exact) mass is 378 g/mol. The molecule has 0 aliphatic heterocycles. The highest BCUT2D eigenvalue weighted by Crippen LogP contribution is 2.08. The van der Waals surface area contributed by atoms with Crippen molar-refractivity contribution in [2.24, 2.45) is 22.4 Å². The van der Waals surface area contributed by atoms with Gasteiger partial charge in [0.05, 0.1) is 6.20 Å². The van der Waals surface area contributed by atoms with Gasteiger partial charge in [-0.05, 0) is 25.2 Å². The number of aliphatic imine (C=N–C) groups is 1. The average molecular weight is 379 g/mol. The molecule has 0 bridgehead atoms. The molecule has 1 amide bonds. The summed E-state index contributed by atoms with van der Waals surface area (Å²) in [5.74, 6) is 0.683. The smallest absolute Gasteiger partial charge is 0.287 e. The van der Waals surface area contributed by atoms with Gasteiger partial charge in [0.1, 0.15) is 5.69 Å². The number of guanidine groups is 1. The lowest BCUT2D eigenvalue weighted by molar-refractivity contribution is 0.0943. The highest BCUT2D eigenvalue weighted by molar-refractivity contribution is 5.96. The van der Waals surface area contributed by atoms with E-state index >= 15 is 0 Å². The summed E-state index contributed by atoms with van der Waals surface area (Å²) in [5, 5.41) is 2.84. The molecule has 8 heteroatoms. The first-order valence-corrected chi connectivity index (χ1v) is 9.82. The molecular formula is C19H34N6O2. The van der Waals surface area contributed by atoms with Crippen LogP contribution in [0.3, 0.4) is 0 Å². The molecule has 1 heterocycles. The number of nitrogens with zero attached hydrogens (tertiary/aromatic N) is 2. The first-order chi connectivity index (χ1) is 12.9. The van der Waals surface area contributed by atoms with Crippen LogP contribution in [0.5, 0.6) is 0 Å². The number of H-pyrrole nitrogens is 1. The number of ketones is 1. The molecule has 1 aromatic rings. The van der Waals surface area contributed by atoms with E-state index < -0.39 is 0 Å². The van der Waals surface area contributed by atoms with Gasteiger partial charge in [0.15, 0.2) is 17.6 Å². The van der Waals surface area contributed by atoms with Crippen LogP contribution in [-0.2, 0) is 0 Å². The van der Waals surface area contributed by atoms with Gasteiger partial charge >= 0.3 is 0 Å². The Bertz CT molecular complexity index is 605. The molecule has 0 atom stereocenters. The molecule has 0 unspecified atom stereocenters. The van der Waals surface area contributed by atoms with Crippen molar-refractivity contribution in [1.82, 2.24) is 15.3 Å². The fourth-order valence-corrected chi connectivity index (χ4v) is 2.64. The van der Waals surface area contributed by atoms with Crippen molar-refractivity contribution in [3.63, 3.8) is 0 Å². The van der Waals surface area contributed by atoms with Crippen molar-refractivity contribution in [2.75, 3.05) is 13.1 Å². The Morgan fingerprint density at radius 1 is 1.15 bits per heavy atom. The highest BCUT2D eigenvalue weighted by atomic mass is 16.2. The summed E-state index contributed by atoms with van der Waals surface area (Å²) < 4.78 is 0. The number of Topliss-reactive ketones (excluding diaryl/α,β-unsaturated/α-hetero) is 1. The van der Waals surface area contributed by atoms with E-state index in [4.69, 9.17) is 11.5 Å². The molecule has 0 saturated carbocycles. The fraction of sp³-hybridized carbons (Fsp3) is 0.684. The van der Waals surface area contributed by atoms with Crippen LogP contribution >= 0.6 is 0 Å². The summed E-state index contributed by atoms with van der Waals surface area (Å²) in [7, 11) is 0. The number of carbonyl (C=O) groups excluding carboxylic acids is 2. The molecule has 0 aliphatic carbocycles. The lowest BCUT2D eigenvalue weighted by Gasteiger charge is -2.05. The molecule has 1 aromatic heterocycles. The van der Waals surface area contributed by atoms with Gasteiger partial charge in [0.2, 0.25) is 0 Å². The zero-order valence-corrected chi connectivity index (χ0v) is 16.6. The second-order valence-corrected chi connectivity index (χ2v) is 7.18. The van der Waals surface area contributed by atoms with E-state index in [9.17, 15) is 9.59 Å². The third-order valence-electron chi connectivity index (χ3n) is 4.19. The van der Waals surface area contributed by atoms with Crippen molar-refractivity contribution >= 4 is 17.6 Å². The Balaban J connectivity index is 2.23. The van der Waals surface area contributed by atoms with Gasteiger partial charge in [-0.3, -0.25) is 14.6 Å². The molecule has 0 aliphatic rings. The number of rotatable bonds is 14. The fourth-order valence-electron chi connectivity index (χ4n) is 2.64. The lowest BCUT2D eigenvalue weighted by atomic mass is 10.1. The summed E-state index contributed by atoms with van der Waals surface area (Å²) >= 11 is 0. The number of unbranched alkanes of at least 4 members (excludes halogenated alkanes) is 4. The average Bonchev–Trinajstić information content (AvgIpc) is 3.10. The Labute approximate surface area is 161 Å². The number of aromatic nitrogens is 2. The van der Waals surface area contributed by atoms with Crippen LogP contribution in [0, 0.1) is 5.92 Å². The molecule has 8 nitrogen and oxygen atoms in total. The first-order valence-electron chi connectivity index (χ1n) is 9.82. The minimum Gasteiger partial charge on any atom is -0.370 e. The van der Waals surface area contributed by atoms with Crippen molar-refractivity contribution < 1.29 is 9.59 Å². The third kappa shape index (κ3) is 10.4. The summed E-state index contributed by atoms with van der Waals surface area (Å²) in [5.41, 5.74) is 10.9. The van der Waals surface area contributed by atoms with Gasteiger partial charge in [-0.15, -0.1) is 0 Å². The van der Waals surface area contributed by atoms with Crippen LogP contribution in [0.2, 0.25) is 0 Å². The van der Waals surface area contributed by atoms with Gasteiger partial charge < -0.3 is 21.8 Å². The molecule has 6 N–H and O–H groups in total. The second kappa shape index (κ2) is 12.9. The molecule has 152 valence electrons. The number of carbonyl (C=O) groups is 2. The first kappa shape index (κ1) is 22.7. The molecular weight excluding hydrogens is 344 g/mol.